The molecule has 3 rings (SSSR count). The molecular weight excluding hydrogens is 300 g/mol. The van der Waals surface area contributed by atoms with Crippen molar-refractivity contribution in [2.45, 2.75) is 6.04 Å². The number of hydrogen-bond donors (Lipinski definition) is 1. The Balaban J connectivity index is 1.42. The van der Waals surface area contributed by atoms with Crippen molar-refractivity contribution in [3.8, 4) is 0 Å². The van der Waals surface area contributed by atoms with Crippen LogP contribution >= 0.6 is 0 Å². The van der Waals surface area contributed by atoms with Gasteiger partial charge >= 0.3 is 0 Å². The zero-order valence-corrected chi connectivity index (χ0v) is 13.5. The summed E-state index contributed by atoms with van der Waals surface area (Å²) < 4.78 is 10.6. The molecule has 8 heteroatoms. The van der Waals surface area contributed by atoms with Crippen molar-refractivity contribution in [2.75, 3.05) is 78.8 Å². The first-order chi connectivity index (χ1) is 11.2. The van der Waals surface area contributed by atoms with E-state index in [4.69, 9.17) is 9.47 Å². The van der Waals surface area contributed by atoms with Crippen molar-refractivity contribution in [1.82, 2.24) is 20.0 Å². The van der Waals surface area contributed by atoms with Crippen LogP contribution in [0.5, 0.6) is 0 Å². The lowest BCUT2D eigenvalue weighted by Gasteiger charge is -2.38. The second kappa shape index (κ2) is 8.05. The number of piperazine rings is 1. The van der Waals surface area contributed by atoms with Crippen LogP contribution in [-0.4, -0.2) is 111 Å². The Kier molecular flexibility index (Phi) is 5.82. The van der Waals surface area contributed by atoms with Crippen LogP contribution in [0.15, 0.2) is 0 Å². The highest BCUT2D eigenvalue weighted by Gasteiger charge is 2.30. The van der Waals surface area contributed by atoms with Crippen molar-refractivity contribution in [3.05, 3.63) is 0 Å². The van der Waals surface area contributed by atoms with E-state index in [-0.39, 0.29) is 17.9 Å². The highest BCUT2D eigenvalue weighted by Crippen LogP contribution is 2.07. The molecule has 0 radical (unpaired) electrons. The molecule has 23 heavy (non-hydrogen) atoms. The summed E-state index contributed by atoms with van der Waals surface area (Å²) in [5, 5.41) is 3.19. The van der Waals surface area contributed by atoms with E-state index in [1.807, 2.05) is 9.80 Å². The molecule has 0 saturated carbocycles. The fourth-order valence-corrected chi connectivity index (χ4v) is 3.17. The maximum atomic E-state index is 12.4. The topological polar surface area (TPSA) is 74.4 Å². The maximum Gasteiger partial charge on any atom is 0.242 e. The van der Waals surface area contributed by atoms with Gasteiger partial charge in [-0.3, -0.25) is 14.5 Å². The SMILES string of the molecule is O=C(CN1CCOCC1)N1CCN(C(=O)C2COCCN2)CC1. The van der Waals surface area contributed by atoms with Gasteiger partial charge in [-0.25, -0.2) is 0 Å². The number of nitrogens with zero attached hydrogens (tertiary/aromatic N) is 3. The van der Waals surface area contributed by atoms with E-state index in [0.29, 0.717) is 65.7 Å². The molecule has 3 heterocycles. The molecule has 1 unspecified atom stereocenters. The molecule has 0 aliphatic carbocycles. The highest BCUT2D eigenvalue weighted by molar-refractivity contribution is 5.83. The number of carbonyl (C=O) groups excluding carboxylic acids is 2. The Morgan fingerprint density at radius 2 is 1.61 bits per heavy atom. The Hall–Kier alpha value is -1.22. The van der Waals surface area contributed by atoms with E-state index in [1.165, 1.54) is 0 Å². The minimum absolute atomic E-state index is 0.0879. The van der Waals surface area contributed by atoms with E-state index >= 15 is 0 Å². The summed E-state index contributed by atoms with van der Waals surface area (Å²) in [6.45, 7) is 7.74. The molecule has 3 aliphatic rings. The molecule has 0 bridgehead atoms. The molecule has 0 aromatic carbocycles. The van der Waals surface area contributed by atoms with Crippen molar-refractivity contribution < 1.29 is 19.1 Å². The average molecular weight is 326 g/mol. The zero-order chi connectivity index (χ0) is 16.1. The fraction of sp³-hybridized carbons (Fsp3) is 0.867. The van der Waals surface area contributed by atoms with Crippen LogP contribution in [0.1, 0.15) is 0 Å². The maximum absolute atomic E-state index is 12.4. The molecule has 0 aromatic rings. The van der Waals surface area contributed by atoms with E-state index in [2.05, 4.69) is 10.2 Å². The zero-order valence-electron chi connectivity index (χ0n) is 13.5. The van der Waals surface area contributed by atoms with Crippen LogP contribution in [0.3, 0.4) is 0 Å². The van der Waals surface area contributed by atoms with Gasteiger partial charge in [-0.05, 0) is 0 Å². The number of rotatable bonds is 3. The van der Waals surface area contributed by atoms with Gasteiger partial charge in [0.15, 0.2) is 0 Å². The molecule has 8 nitrogen and oxygen atoms in total. The van der Waals surface area contributed by atoms with Crippen molar-refractivity contribution in [2.24, 2.45) is 0 Å². The second-order valence-corrected chi connectivity index (χ2v) is 6.18. The van der Waals surface area contributed by atoms with Gasteiger partial charge in [0.2, 0.25) is 11.8 Å². The first-order valence-corrected chi connectivity index (χ1v) is 8.42. The van der Waals surface area contributed by atoms with Gasteiger partial charge in [-0.1, -0.05) is 0 Å². The minimum Gasteiger partial charge on any atom is -0.379 e. The average Bonchev–Trinajstić information content (AvgIpc) is 2.63. The Morgan fingerprint density at radius 1 is 0.913 bits per heavy atom. The Bertz CT molecular complexity index is 414. The first-order valence-electron chi connectivity index (χ1n) is 8.42. The minimum atomic E-state index is -0.237. The van der Waals surface area contributed by atoms with Gasteiger partial charge in [0.25, 0.3) is 0 Å². The van der Waals surface area contributed by atoms with Crippen LogP contribution in [0.2, 0.25) is 0 Å². The number of carbonyl (C=O) groups is 2. The normalized spacial score (nSPS) is 27.0. The summed E-state index contributed by atoms with van der Waals surface area (Å²) in [7, 11) is 0. The van der Waals surface area contributed by atoms with Crippen LogP contribution in [0, 0.1) is 0 Å². The van der Waals surface area contributed by atoms with Crippen molar-refractivity contribution in [1.29, 1.82) is 0 Å². The highest BCUT2D eigenvalue weighted by atomic mass is 16.5. The van der Waals surface area contributed by atoms with Gasteiger partial charge < -0.3 is 24.6 Å². The third-order valence-corrected chi connectivity index (χ3v) is 4.63. The molecule has 1 atom stereocenters. The summed E-state index contributed by atoms with van der Waals surface area (Å²) in [6.07, 6.45) is 0. The third kappa shape index (κ3) is 4.41. The number of hydrogen-bond acceptors (Lipinski definition) is 6. The predicted molar refractivity (Wildman–Crippen MR) is 83.0 cm³/mol. The molecule has 130 valence electrons. The molecule has 1 N–H and O–H groups in total. The van der Waals surface area contributed by atoms with Crippen LogP contribution in [-0.2, 0) is 19.1 Å². The first kappa shape index (κ1) is 16.6. The number of nitrogens with one attached hydrogen (secondary N) is 1. The van der Waals surface area contributed by atoms with Crippen molar-refractivity contribution >= 4 is 11.8 Å². The van der Waals surface area contributed by atoms with Gasteiger partial charge in [-0.2, -0.15) is 0 Å². The quantitative estimate of drug-likeness (QED) is 0.645. The predicted octanol–water partition coefficient (Wildman–Crippen LogP) is -2.02. The smallest absolute Gasteiger partial charge is 0.242 e. The number of morpholine rings is 2. The lowest BCUT2D eigenvalue weighted by atomic mass is 10.2. The fourth-order valence-electron chi connectivity index (χ4n) is 3.17. The monoisotopic (exact) mass is 326 g/mol. The van der Waals surface area contributed by atoms with E-state index < -0.39 is 0 Å². The molecule has 2 amide bonds. The summed E-state index contributed by atoms with van der Waals surface area (Å²) in [5.74, 6) is 0.239. The number of amides is 2. The molecule has 0 spiro atoms. The number of ether oxygens (including phenoxy) is 2. The Labute approximate surface area is 136 Å². The molecular formula is C15H26N4O4. The van der Waals surface area contributed by atoms with Gasteiger partial charge in [0.05, 0.1) is 33.0 Å². The van der Waals surface area contributed by atoms with E-state index in [1.54, 1.807) is 0 Å². The summed E-state index contributed by atoms with van der Waals surface area (Å²) in [4.78, 5) is 30.6. The second-order valence-electron chi connectivity index (χ2n) is 6.18. The van der Waals surface area contributed by atoms with Crippen LogP contribution < -0.4 is 5.32 Å². The summed E-state index contributed by atoms with van der Waals surface area (Å²) >= 11 is 0. The van der Waals surface area contributed by atoms with Crippen LogP contribution in [0.25, 0.3) is 0 Å². The molecule has 3 fully saturated rings. The lowest BCUT2D eigenvalue weighted by molar-refractivity contribution is -0.143. The summed E-state index contributed by atoms with van der Waals surface area (Å²) in [6, 6.07) is -0.237. The van der Waals surface area contributed by atoms with Gasteiger partial charge in [0.1, 0.15) is 6.04 Å². The van der Waals surface area contributed by atoms with E-state index in [9.17, 15) is 9.59 Å². The van der Waals surface area contributed by atoms with Crippen LogP contribution in [0.4, 0.5) is 0 Å². The Morgan fingerprint density at radius 3 is 2.26 bits per heavy atom. The molecule has 3 saturated heterocycles. The van der Waals surface area contributed by atoms with Crippen molar-refractivity contribution in [3.63, 3.8) is 0 Å². The molecule has 0 aromatic heterocycles. The largest absolute Gasteiger partial charge is 0.379 e. The van der Waals surface area contributed by atoms with E-state index in [0.717, 1.165) is 13.1 Å². The standard InChI is InChI=1S/C15H26N4O4/c20-14(11-17-6-9-22-10-7-17)18-2-4-19(5-3-18)15(21)13-12-23-8-1-16-13/h13,16H,1-12H2. The van der Waals surface area contributed by atoms with Gasteiger partial charge in [-0.15, -0.1) is 0 Å². The van der Waals surface area contributed by atoms with Gasteiger partial charge in [0, 0.05) is 45.8 Å². The third-order valence-electron chi connectivity index (χ3n) is 4.63. The lowest BCUT2D eigenvalue weighted by Crippen LogP contribution is -2.58. The summed E-state index contributed by atoms with van der Waals surface area (Å²) in [5.41, 5.74) is 0. The molecule has 3 aliphatic heterocycles.